The molecule has 7 heteroatoms. The van der Waals surface area contributed by atoms with Gasteiger partial charge in [0, 0.05) is 25.1 Å². The Morgan fingerprint density at radius 3 is 2.66 bits per heavy atom. The number of ether oxygens (including phenoxy) is 2. The molecule has 29 heavy (non-hydrogen) atoms. The molecule has 2 amide bonds. The highest BCUT2D eigenvalue weighted by molar-refractivity contribution is 5.84. The largest absolute Gasteiger partial charge is 0.496 e. The lowest BCUT2D eigenvalue weighted by Gasteiger charge is -2.40. The number of carbonyl (C=O) groups is 3. The second kappa shape index (κ2) is 11.4. The molecule has 1 aliphatic heterocycles. The van der Waals surface area contributed by atoms with Crippen LogP contribution in [0.3, 0.4) is 0 Å². The molecule has 1 aliphatic rings. The lowest BCUT2D eigenvalue weighted by molar-refractivity contribution is -0.160. The summed E-state index contributed by atoms with van der Waals surface area (Å²) in [4.78, 5) is 39.2. The van der Waals surface area contributed by atoms with Crippen LogP contribution in [-0.4, -0.2) is 49.5 Å². The third kappa shape index (κ3) is 5.95. The first-order valence-corrected chi connectivity index (χ1v) is 10.4. The number of para-hydroxylation sites is 1. The molecule has 1 saturated heterocycles. The van der Waals surface area contributed by atoms with Gasteiger partial charge in [0.15, 0.2) is 6.61 Å². The fourth-order valence-corrected chi connectivity index (χ4v) is 3.65. The van der Waals surface area contributed by atoms with Gasteiger partial charge >= 0.3 is 5.97 Å². The normalized spacial score (nSPS) is 19.0. The summed E-state index contributed by atoms with van der Waals surface area (Å²) in [5.74, 6) is -0.656. The monoisotopic (exact) mass is 404 g/mol. The van der Waals surface area contributed by atoms with Crippen molar-refractivity contribution in [2.45, 2.75) is 52.0 Å². The highest BCUT2D eigenvalue weighted by Crippen LogP contribution is 2.41. The molecule has 0 radical (unpaired) electrons. The molecule has 0 aromatic heterocycles. The summed E-state index contributed by atoms with van der Waals surface area (Å²) in [6.07, 6.45) is 3.27. The first kappa shape index (κ1) is 22.7. The third-order valence-corrected chi connectivity index (χ3v) is 5.14. The number of unbranched alkanes of at least 4 members (excludes halogenated alkanes) is 1. The molecule has 2 atom stereocenters. The maximum absolute atomic E-state index is 12.9. The van der Waals surface area contributed by atoms with Crippen molar-refractivity contribution in [3.8, 4) is 5.75 Å². The van der Waals surface area contributed by atoms with Gasteiger partial charge in [0.25, 0.3) is 5.91 Å². The molecule has 1 aromatic carbocycles. The number of hydrogen-bond donors (Lipinski definition) is 1. The topological polar surface area (TPSA) is 84.9 Å². The lowest BCUT2D eigenvalue weighted by Crippen LogP contribution is -2.46. The van der Waals surface area contributed by atoms with Crippen molar-refractivity contribution in [3.05, 3.63) is 29.8 Å². The number of nitrogens with zero attached hydrogens (tertiary/aromatic N) is 1. The van der Waals surface area contributed by atoms with Crippen molar-refractivity contribution < 1.29 is 23.9 Å². The van der Waals surface area contributed by atoms with Gasteiger partial charge in [-0.3, -0.25) is 14.4 Å². The minimum absolute atomic E-state index is 0.0269. The summed E-state index contributed by atoms with van der Waals surface area (Å²) in [5.41, 5.74) is 0.788. The fraction of sp³-hybridized carbons (Fsp3) is 0.591. The SMILES string of the molecule is CCCCN1C(=O)CC[C@H](C(=O)OCC(=O)NCCC)[C@@H]1c1ccccc1OC. The number of hydrogen-bond acceptors (Lipinski definition) is 5. The number of nitrogens with one attached hydrogen (secondary N) is 1. The summed E-state index contributed by atoms with van der Waals surface area (Å²) in [6.45, 7) is 4.82. The van der Waals surface area contributed by atoms with Crippen LogP contribution in [0.5, 0.6) is 5.75 Å². The molecular formula is C22H32N2O5. The molecule has 1 N–H and O–H groups in total. The van der Waals surface area contributed by atoms with Gasteiger partial charge in [-0.1, -0.05) is 38.5 Å². The van der Waals surface area contributed by atoms with E-state index in [9.17, 15) is 14.4 Å². The minimum Gasteiger partial charge on any atom is -0.496 e. The van der Waals surface area contributed by atoms with E-state index < -0.39 is 17.9 Å². The Labute approximate surface area is 172 Å². The van der Waals surface area contributed by atoms with Crippen molar-refractivity contribution in [1.82, 2.24) is 10.2 Å². The molecule has 1 fully saturated rings. The molecule has 1 aromatic rings. The van der Waals surface area contributed by atoms with E-state index in [-0.39, 0.29) is 24.8 Å². The molecule has 0 saturated carbocycles. The van der Waals surface area contributed by atoms with E-state index >= 15 is 0 Å². The number of benzene rings is 1. The smallest absolute Gasteiger partial charge is 0.311 e. The predicted octanol–water partition coefficient (Wildman–Crippen LogP) is 2.84. The van der Waals surface area contributed by atoms with Gasteiger partial charge < -0.3 is 19.7 Å². The number of rotatable bonds is 10. The van der Waals surface area contributed by atoms with Crippen LogP contribution in [0.1, 0.15) is 57.6 Å². The number of methoxy groups -OCH3 is 1. The number of amides is 2. The van der Waals surface area contributed by atoms with Crippen LogP contribution >= 0.6 is 0 Å². The van der Waals surface area contributed by atoms with Gasteiger partial charge in [-0.25, -0.2) is 0 Å². The zero-order valence-electron chi connectivity index (χ0n) is 17.6. The molecule has 0 aliphatic carbocycles. The van der Waals surface area contributed by atoms with Crippen molar-refractivity contribution in [2.24, 2.45) is 5.92 Å². The Morgan fingerprint density at radius 1 is 1.21 bits per heavy atom. The molecule has 0 unspecified atom stereocenters. The standard InChI is InChI=1S/C22H32N2O5/c1-4-6-14-24-20(26)12-11-17(22(27)29-15-19(25)23-13-5-2)21(24)16-9-7-8-10-18(16)28-3/h7-10,17,21H,4-6,11-15H2,1-3H3,(H,23,25)/t17-,21-/m0/s1. The zero-order valence-corrected chi connectivity index (χ0v) is 17.6. The maximum atomic E-state index is 12.9. The average molecular weight is 405 g/mol. The van der Waals surface area contributed by atoms with E-state index in [1.165, 1.54) is 0 Å². The van der Waals surface area contributed by atoms with Crippen LogP contribution in [0.25, 0.3) is 0 Å². The van der Waals surface area contributed by atoms with Gasteiger partial charge in [0.1, 0.15) is 5.75 Å². The molecular weight excluding hydrogens is 372 g/mol. The van der Waals surface area contributed by atoms with Gasteiger partial charge in [-0.2, -0.15) is 0 Å². The molecule has 0 bridgehead atoms. The molecule has 7 nitrogen and oxygen atoms in total. The summed E-state index contributed by atoms with van der Waals surface area (Å²) < 4.78 is 10.8. The van der Waals surface area contributed by atoms with Crippen LogP contribution < -0.4 is 10.1 Å². The summed E-state index contributed by atoms with van der Waals surface area (Å²) >= 11 is 0. The number of carbonyl (C=O) groups excluding carboxylic acids is 3. The predicted molar refractivity (Wildman–Crippen MR) is 109 cm³/mol. The number of likely N-dealkylation sites (tertiary alicyclic amines) is 1. The minimum atomic E-state index is -0.542. The molecule has 0 spiro atoms. The first-order chi connectivity index (χ1) is 14.0. The van der Waals surface area contributed by atoms with Crippen molar-refractivity contribution in [3.63, 3.8) is 0 Å². The Hall–Kier alpha value is -2.57. The number of esters is 1. The molecule has 160 valence electrons. The second-order valence-corrected chi connectivity index (χ2v) is 7.23. The highest BCUT2D eigenvalue weighted by atomic mass is 16.5. The van der Waals surface area contributed by atoms with Crippen LogP contribution in [0.2, 0.25) is 0 Å². The van der Waals surface area contributed by atoms with Crippen molar-refractivity contribution >= 4 is 17.8 Å². The van der Waals surface area contributed by atoms with Crippen molar-refractivity contribution in [1.29, 1.82) is 0 Å². The Morgan fingerprint density at radius 2 is 1.97 bits per heavy atom. The molecule has 2 rings (SSSR count). The van der Waals surface area contributed by atoms with Gasteiger partial charge in [0.05, 0.1) is 19.1 Å². The van der Waals surface area contributed by atoms with E-state index in [2.05, 4.69) is 12.2 Å². The van der Waals surface area contributed by atoms with Crippen LogP contribution in [-0.2, 0) is 19.1 Å². The van der Waals surface area contributed by atoms with Gasteiger partial charge in [-0.15, -0.1) is 0 Å². The summed E-state index contributed by atoms with van der Waals surface area (Å²) in [7, 11) is 1.57. The van der Waals surface area contributed by atoms with E-state index in [0.29, 0.717) is 25.3 Å². The van der Waals surface area contributed by atoms with Crippen LogP contribution in [0.15, 0.2) is 24.3 Å². The van der Waals surface area contributed by atoms with Gasteiger partial charge in [-0.05, 0) is 25.3 Å². The zero-order chi connectivity index (χ0) is 21.2. The van der Waals surface area contributed by atoms with E-state index in [4.69, 9.17) is 9.47 Å². The second-order valence-electron chi connectivity index (χ2n) is 7.23. The Kier molecular flexibility index (Phi) is 8.96. The van der Waals surface area contributed by atoms with E-state index in [1.54, 1.807) is 12.0 Å². The van der Waals surface area contributed by atoms with E-state index in [1.807, 2.05) is 31.2 Å². The summed E-state index contributed by atoms with van der Waals surface area (Å²) in [6, 6.07) is 6.97. The van der Waals surface area contributed by atoms with Crippen molar-refractivity contribution in [2.75, 3.05) is 26.8 Å². The third-order valence-electron chi connectivity index (χ3n) is 5.14. The number of piperidine rings is 1. The Balaban J connectivity index is 2.26. The highest BCUT2D eigenvalue weighted by Gasteiger charge is 2.42. The Bertz CT molecular complexity index is 706. The van der Waals surface area contributed by atoms with Gasteiger partial charge in [0.2, 0.25) is 5.91 Å². The van der Waals surface area contributed by atoms with Crippen LogP contribution in [0.4, 0.5) is 0 Å². The average Bonchev–Trinajstić information content (AvgIpc) is 2.74. The molecule has 1 heterocycles. The lowest BCUT2D eigenvalue weighted by atomic mass is 9.83. The fourth-order valence-electron chi connectivity index (χ4n) is 3.65. The summed E-state index contributed by atoms with van der Waals surface area (Å²) in [5, 5.41) is 2.69. The first-order valence-electron chi connectivity index (χ1n) is 10.4. The quantitative estimate of drug-likeness (QED) is 0.606. The van der Waals surface area contributed by atoms with E-state index in [0.717, 1.165) is 24.8 Å². The maximum Gasteiger partial charge on any atom is 0.311 e. The van der Waals surface area contributed by atoms with Crippen LogP contribution in [0, 0.1) is 5.92 Å².